The molecule has 2 aromatic carbocycles. The van der Waals surface area contributed by atoms with Gasteiger partial charge in [0.2, 0.25) is 0 Å². The summed E-state index contributed by atoms with van der Waals surface area (Å²) >= 11 is 0. The van der Waals surface area contributed by atoms with E-state index in [-0.39, 0.29) is 0 Å². The lowest BCUT2D eigenvalue weighted by atomic mass is 10.1. The average Bonchev–Trinajstić information content (AvgIpc) is 2.77. The molecule has 0 unspecified atom stereocenters. The highest BCUT2D eigenvalue weighted by molar-refractivity contribution is 5.93. The first-order valence-corrected chi connectivity index (χ1v) is 10.2. The minimum absolute atomic E-state index is 0.569. The number of guanidine groups is 1. The van der Waals surface area contributed by atoms with Crippen LogP contribution in [-0.2, 0) is 22.6 Å². The Morgan fingerprint density at radius 3 is 2.47 bits per heavy atom. The van der Waals surface area contributed by atoms with Gasteiger partial charge in [-0.05, 0) is 37.1 Å². The fourth-order valence-electron chi connectivity index (χ4n) is 2.80. The fraction of sp³-hybridized carbons (Fsp3) is 0.435. The highest BCUT2D eigenvalue weighted by Gasteiger charge is 2.07. The molecule has 0 spiro atoms. The van der Waals surface area contributed by atoms with Gasteiger partial charge in [0.1, 0.15) is 0 Å². The van der Waals surface area contributed by atoms with Crippen LogP contribution in [0.5, 0.6) is 11.5 Å². The van der Waals surface area contributed by atoms with Crippen LogP contribution in [-0.4, -0.2) is 46.5 Å². The third-order valence-corrected chi connectivity index (χ3v) is 4.25. The molecule has 0 bridgehead atoms. The van der Waals surface area contributed by atoms with Crippen molar-refractivity contribution < 1.29 is 18.9 Å². The van der Waals surface area contributed by atoms with Crippen molar-refractivity contribution in [2.24, 2.45) is 4.99 Å². The van der Waals surface area contributed by atoms with Crippen molar-refractivity contribution in [2.45, 2.75) is 27.0 Å². The largest absolute Gasteiger partial charge is 0.493 e. The molecule has 0 saturated carbocycles. The summed E-state index contributed by atoms with van der Waals surface area (Å²) in [5.74, 6) is 2.06. The van der Waals surface area contributed by atoms with E-state index in [1.807, 2.05) is 38.1 Å². The van der Waals surface area contributed by atoms with Crippen molar-refractivity contribution in [3.63, 3.8) is 0 Å². The smallest absolute Gasteiger partial charge is 0.195 e. The lowest BCUT2D eigenvalue weighted by Gasteiger charge is -2.15. The van der Waals surface area contributed by atoms with E-state index in [4.69, 9.17) is 18.9 Å². The summed E-state index contributed by atoms with van der Waals surface area (Å²) in [4.78, 5) is 4.30. The highest BCUT2D eigenvalue weighted by atomic mass is 16.5. The number of anilines is 1. The first kappa shape index (κ1) is 23.5. The van der Waals surface area contributed by atoms with Crippen LogP contribution in [0.4, 0.5) is 5.69 Å². The highest BCUT2D eigenvalue weighted by Crippen LogP contribution is 2.30. The topological polar surface area (TPSA) is 73.3 Å². The number of nitrogens with zero attached hydrogens (tertiary/aromatic N) is 1. The van der Waals surface area contributed by atoms with Crippen molar-refractivity contribution in [2.75, 3.05) is 45.9 Å². The second-order valence-corrected chi connectivity index (χ2v) is 6.42. The van der Waals surface area contributed by atoms with Crippen molar-refractivity contribution >= 4 is 11.6 Å². The number of hydrogen-bond donors (Lipinski definition) is 2. The van der Waals surface area contributed by atoms with Gasteiger partial charge in [-0.25, -0.2) is 0 Å². The Balaban J connectivity index is 1.89. The quantitative estimate of drug-likeness (QED) is 0.312. The van der Waals surface area contributed by atoms with Gasteiger partial charge in [0.25, 0.3) is 0 Å². The van der Waals surface area contributed by atoms with E-state index in [1.165, 1.54) is 0 Å². The summed E-state index contributed by atoms with van der Waals surface area (Å²) in [6.07, 6.45) is 0. The Morgan fingerprint density at radius 2 is 1.73 bits per heavy atom. The minimum atomic E-state index is 0.569. The van der Waals surface area contributed by atoms with E-state index >= 15 is 0 Å². The fourth-order valence-corrected chi connectivity index (χ4v) is 2.80. The van der Waals surface area contributed by atoms with Gasteiger partial charge in [0.05, 0.1) is 33.5 Å². The number of methoxy groups -OCH3 is 1. The first-order chi connectivity index (χ1) is 14.7. The van der Waals surface area contributed by atoms with Crippen LogP contribution < -0.4 is 20.1 Å². The standard InChI is InChI=1S/C23H33N3O4/c1-5-28-12-13-29-17-19-9-7-8-18(14-19)16-25-23(24-3)26-20-10-11-21(30-6-2)22(15-20)27-4/h7-11,14-15H,5-6,12-13,16-17H2,1-4H3,(H2,24,25,26). The van der Waals surface area contributed by atoms with Crippen LogP contribution >= 0.6 is 0 Å². The molecule has 0 aliphatic heterocycles. The number of aliphatic imine (C=N–C) groups is 1. The molecule has 0 saturated heterocycles. The van der Waals surface area contributed by atoms with Crippen LogP contribution in [0.25, 0.3) is 0 Å². The number of nitrogens with one attached hydrogen (secondary N) is 2. The summed E-state index contributed by atoms with van der Waals surface area (Å²) in [5.41, 5.74) is 3.14. The average molecular weight is 416 g/mol. The molecular weight excluding hydrogens is 382 g/mol. The molecule has 0 aliphatic carbocycles. The van der Waals surface area contributed by atoms with Crippen molar-refractivity contribution in [3.8, 4) is 11.5 Å². The summed E-state index contributed by atoms with van der Waals surface area (Å²) in [7, 11) is 3.37. The van der Waals surface area contributed by atoms with E-state index in [2.05, 4.69) is 33.8 Å². The minimum Gasteiger partial charge on any atom is -0.493 e. The zero-order chi connectivity index (χ0) is 21.6. The molecule has 0 fully saturated rings. The van der Waals surface area contributed by atoms with E-state index < -0.39 is 0 Å². The molecule has 164 valence electrons. The van der Waals surface area contributed by atoms with Crippen molar-refractivity contribution in [1.29, 1.82) is 0 Å². The molecule has 0 aromatic heterocycles. The van der Waals surface area contributed by atoms with Crippen LogP contribution in [0.15, 0.2) is 47.5 Å². The summed E-state index contributed by atoms with van der Waals surface area (Å²) in [6, 6.07) is 14.0. The van der Waals surface area contributed by atoms with E-state index in [1.54, 1.807) is 14.2 Å². The zero-order valence-corrected chi connectivity index (χ0v) is 18.4. The molecule has 2 aromatic rings. The van der Waals surface area contributed by atoms with Gasteiger partial charge in [0, 0.05) is 32.0 Å². The molecule has 7 nitrogen and oxygen atoms in total. The van der Waals surface area contributed by atoms with Crippen LogP contribution in [0.2, 0.25) is 0 Å². The molecular formula is C23H33N3O4. The van der Waals surface area contributed by atoms with E-state index in [9.17, 15) is 0 Å². The molecule has 0 atom stereocenters. The molecule has 2 N–H and O–H groups in total. The zero-order valence-electron chi connectivity index (χ0n) is 18.4. The van der Waals surface area contributed by atoms with E-state index in [0.29, 0.717) is 57.0 Å². The van der Waals surface area contributed by atoms with Crippen molar-refractivity contribution in [3.05, 3.63) is 53.6 Å². The SMILES string of the molecule is CCOCCOCc1cccc(CNC(=NC)Nc2ccc(OCC)c(OC)c2)c1. The lowest BCUT2D eigenvalue weighted by Crippen LogP contribution is -2.30. The van der Waals surface area contributed by atoms with Gasteiger partial charge in [-0.3, -0.25) is 4.99 Å². The molecule has 7 heteroatoms. The second kappa shape index (κ2) is 13.5. The lowest BCUT2D eigenvalue weighted by molar-refractivity contribution is 0.0453. The summed E-state index contributed by atoms with van der Waals surface area (Å²) in [5, 5.41) is 6.60. The predicted octanol–water partition coefficient (Wildman–Crippen LogP) is 3.83. The maximum absolute atomic E-state index is 5.65. The number of hydrogen-bond acceptors (Lipinski definition) is 5. The van der Waals surface area contributed by atoms with Gasteiger partial charge in [-0.15, -0.1) is 0 Å². The predicted molar refractivity (Wildman–Crippen MR) is 121 cm³/mol. The molecule has 0 amide bonds. The van der Waals surface area contributed by atoms with Crippen LogP contribution in [0.3, 0.4) is 0 Å². The molecule has 30 heavy (non-hydrogen) atoms. The maximum atomic E-state index is 5.65. The van der Waals surface area contributed by atoms with Gasteiger partial charge >= 0.3 is 0 Å². The molecule has 0 radical (unpaired) electrons. The molecule has 0 aliphatic rings. The third kappa shape index (κ3) is 7.93. The molecule has 2 rings (SSSR count). The van der Waals surface area contributed by atoms with Gasteiger partial charge in [-0.2, -0.15) is 0 Å². The van der Waals surface area contributed by atoms with E-state index in [0.717, 1.165) is 16.8 Å². The maximum Gasteiger partial charge on any atom is 0.195 e. The molecule has 0 heterocycles. The second-order valence-electron chi connectivity index (χ2n) is 6.42. The van der Waals surface area contributed by atoms with Gasteiger partial charge < -0.3 is 29.6 Å². The van der Waals surface area contributed by atoms with Crippen molar-refractivity contribution in [1.82, 2.24) is 5.32 Å². The Kier molecular flexibility index (Phi) is 10.5. The summed E-state index contributed by atoms with van der Waals surface area (Å²) in [6.45, 7) is 7.65. The monoisotopic (exact) mass is 415 g/mol. The Morgan fingerprint density at radius 1 is 0.933 bits per heavy atom. The van der Waals surface area contributed by atoms with Crippen LogP contribution in [0, 0.1) is 0 Å². The first-order valence-electron chi connectivity index (χ1n) is 10.2. The Labute approximate surface area is 179 Å². The number of rotatable bonds is 12. The van der Waals surface area contributed by atoms with Gasteiger partial charge in [0.15, 0.2) is 17.5 Å². The Hall–Kier alpha value is -2.77. The van der Waals surface area contributed by atoms with Gasteiger partial charge in [-0.1, -0.05) is 24.3 Å². The Bertz CT molecular complexity index is 796. The normalized spacial score (nSPS) is 11.3. The number of benzene rings is 2. The third-order valence-electron chi connectivity index (χ3n) is 4.25. The number of ether oxygens (including phenoxy) is 4. The summed E-state index contributed by atoms with van der Waals surface area (Å²) < 4.78 is 21.9. The van der Waals surface area contributed by atoms with Crippen LogP contribution in [0.1, 0.15) is 25.0 Å².